The molecule has 1 N–H and O–H groups in total. The van der Waals surface area contributed by atoms with E-state index in [0.29, 0.717) is 13.1 Å². The third-order valence-corrected chi connectivity index (χ3v) is 3.10. The molecule has 1 atom stereocenters. The van der Waals surface area contributed by atoms with Crippen LogP contribution in [0.2, 0.25) is 0 Å². The summed E-state index contributed by atoms with van der Waals surface area (Å²) < 4.78 is 28.5. The van der Waals surface area contributed by atoms with Gasteiger partial charge in [-0.1, -0.05) is 0 Å². The molecule has 0 aromatic carbocycles. The van der Waals surface area contributed by atoms with Crippen LogP contribution >= 0.6 is 0 Å². The highest BCUT2D eigenvalue weighted by atomic mass is 32.2. The number of sulfonamides is 1. The van der Waals surface area contributed by atoms with Gasteiger partial charge in [0.05, 0.1) is 13.4 Å². The predicted octanol–water partition coefficient (Wildman–Crippen LogP) is -1.22. The summed E-state index contributed by atoms with van der Waals surface area (Å²) in [6.07, 6.45) is 1.90. The molecule has 7 heteroatoms. The lowest BCUT2D eigenvalue weighted by Gasteiger charge is -2.38. The van der Waals surface area contributed by atoms with Crippen molar-refractivity contribution in [2.75, 3.05) is 33.0 Å². The third kappa shape index (κ3) is 3.77. The number of carbonyl (C=O) groups excluding carboxylic acids is 1. The highest BCUT2D eigenvalue weighted by Gasteiger charge is 2.34. The third-order valence-electron chi connectivity index (χ3n) is 2.37. The van der Waals surface area contributed by atoms with E-state index in [1.54, 1.807) is 0 Å². The second-order valence-corrected chi connectivity index (χ2v) is 5.36. The van der Waals surface area contributed by atoms with Crippen molar-refractivity contribution in [3.05, 3.63) is 0 Å². The van der Waals surface area contributed by atoms with Crippen molar-refractivity contribution >= 4 is 16.0 Å². The van der Waals surface area contributed by atoms with Crippen molar-refractivity contribution in [3.63, 3.8) is 0 Å². The van der Waals surface area contributed by atoms with Crippen LogP contribution in [0.25, 0.3) is 0 Å². The molecule has 0 aromatic rings. The van der Waals surface area contributed by atoms with Gasteiger partial charge >= 0.3 is 5.97 Å². The van der Waals surface area contributed by atoms with Gasteiger partial charge in [-0.15, -0.1) is 0 Å². The van der Waals surface area contributed by atoms with Crippen molar-refractivity contribution in [2.24, 2.45) is 0 Å². The summed E-state index contributed by atoms with van der Waals surface area (Å²) in [6, 6.07) is -0.198. The fourth-order valence-electron chi connectivity index (χ4n) is 1.49. The Morgan fingerprint density at radius 1 is 1.60 bits per heavy atom. The Labute approximate surface area is 89.6 Å². The maximum Gasteiger partial charge on any atom is 0.323 e. The fraction of sp³-hybridized carbons (Fsp3) is 0.875. The van der Waals surface area contributed by atoms with Gasteiger partial charge in [-0.05, 0) is 6.42 Å². The molecule has 1 saturated heterocycles. The molecule has 0 radical (unpaired) electrons. The lowest BCUT2D eigenvalue weighted by Crippen LogP contribution is -2.54. The quantitative estimate of drug-likeness (QED) is 0.606. The molecule has 6 nitrogen and oxygen atoms in total. The summed E-state index contributed by atoms with van der Waals surface area (Å²) >= 11 is 0. The van der Waals surface area contributed by atoms with Gasteiger partial charge in [0.2, 0.25) is 10.0 Å². The average Bonchev–Trinajstić information content (AvgIpc) is 2.08. The van der Waals surface area contributed by atoms with Crippen molar-refractivity contribution in [1.82, 2.24) is 9.62 Å². The fourth-order valence-corrected chi connectivity index (χ4v) is 1.95. The summed E-state index contributed by atoms with van der Waals surface area (Å²) in [5.41, 5.74) is 0. The van der Waals surface area contributed by atoms with Gasteiger partial charge in [-0.3, -0.25) is 9.69 Å². The molecule has 1 heterocycles. The Hall–Kier alpha value is -0.660. The first-order chi connectivity index (χ1) is 6.94. The van der Waals surface area contributed by atoms with Crippen LogP contribution in [0.4, 0.5) is 0 Å². The maximum absolute atomic E-state index is 11.2. The number of carbonyl (C=O) groups is 1. The highest BCUT2D eigenvalue weighted by molar-refractivity contribution is 7.88. The largest absolute Gasteiger partial charge is 0.468 e. The molecule has 0 spiro atoms. The molecular formula is C8H16N2O4S. The first-order valence-corrected chi connectivity index (χ1v) is 6.59. The molecule has 0 saturated carbocycles. The lowest BCUT2D eigenvalue weighted by molar-refractivity contribution is -0.151. The average molecular weight is 236 g/mol. The summed E-state index contributed by atoms with van der Waals surface area (Å²) in [5, 5.41) is 0. The van der Waals surface area contributed by atoms with E-state index in [4.69, 9.17) is 0 Å². The Morgan fingerprint density at radius 2 is 2.27 bits per heavy atom. The summed E-state index contributed by atoms with van der Waals surface area (Å²) in [7, 11) is -1.79. The molecule has 0 aromatic heterocycles. The smallest absolute Gasteiger partial charge is 0.323 e. The van der Waals surface area contributed by atoms with E-state index < -0.39 is 10.0 Å². The molecule has 0 amide bonds. The second kappa shape index (κ2) is 4.91. The van der Waals surface area contributed by atoms with Crippen molar-refractivity contribution in [1.29, 1.82) is 0 Å². The number of rotatable bonds is 5. The first kappa shape index (κ1) is 12.4. The van der Waals surface area contributed by atoms with Crippen LogP contribution in [0.1, 0.15) is 6.42 Å². The number of nitrogens with zero attached hydrogens (tertiary/aromatic N) is 1. The van der Waals surface area contributed by atoms with Gasteiger partial charge in [0.25, 0.3) is 0 Å². The van der Waals surface area contributed by atoms with Crippen LogP contribution in [-0.4, -0.2) is 58.3 Å². The highest BCUT2D eigenvalue weighted by Crippen LogP contribution is 2.17. The van der Waals surface area contributed by atoms with Crippen LogP contribution < -0.4 is 4.72 Å². The van der Waals surface area contributed by atoms with E-state index in [-0.39, 0.29) is 12.0 Å². The predicted molar refractivity (Wildman–Crippen MR) is 54.8 cm³/mol. The van der Waals surface area contributed by atoms with Gasteiger partial charge in [0.1, 0.15) is 6.04 Å². The molecule has 0 bridgehead atoms. The number of hydrogen-bond acceptors (Lipinski definition) is 5. The SMILES string of the molecule is COC(=O)C1CCN1CCNS(C)(=O)=O. The molecule has 1 fully saturated rings. The van der Waals surface area contributed by atoms with Crippen LogP contribution in [0.15, 0.2) is 0 Å². The minimum Gasteiger partial charge on any atom is -0.468 e. The van der Waals surface area contributed by atoms with E-state index in [1.165, 1.54) is 7.11 Å². The van der Waals surface area contributed by atoms with Gasteiger partial charge in [-0.25, -0.2) is 13.1 Å². The van der Waals surface area contributed by atoms with Gasteiger partial charge < -0.3 is 4.74 Å². The van der Waals surface area contributed by atoms with Gasteiger partial charge in [-0.2, -0.15) is 0 Å². The molecule has 88 valence electrons. The second-order valence-electron chi connectivity index (χ2n) is 3.53. The zero-order chi connectivity index (χ0) is 11.5. The number of esters is 1. The Kier molecular flexibility index (Phi) is 4.06. The number of nitrogens with one attached hydrogen (secondary N) is 1. The van der Waals surface area contributed by atoms with Crippen LogP contribution in [0.3, 0.4) is 0 Å². The minimum atomic E-state index is -3.14. The van der Waals surface area contributed by atoms with Gasteiger partial charge in [0.15, 0.2) is 0 Å². The zero-order valence-corrected chi connectivity index (χ0v) is 9.71. The molecule has 1 aliphatic heterocycles. The number of likely N-dealkylation sites (tertiary alicyclic amines) is 1. The van der Waals surface area contributed by atoms with Gasteiger partial charge in [0, 0.05) is 19.6 Å². The molecule has 15 heavy (non-hydrogen) atoms. The van der Waals surface area contributed by atoms with Crippen LogP contribution in [0.5, 0.6) is 0 Å². The standard InChI is InChI=1S/C8H16N2O4S/c1-14-8(11)7-3-5-10(7)6-4-9-15(2,12)13/h7,9H,3-6H2,1-2H3. The number of ether oxygens (including phenoxy) is 1. The molecule has 1 unspecified atom stereocenters. The molecular weight excluding hydrogens is 220 g/mol. The van der Waals surface area contributed by atoms with Crippen molar-refractivity contribution in [2.45, 2.75) is 12.5 Å². The van der Waals surface area contributed by atoms with E-state index in [9.17, 15) is 13.2 Å². The normalized spacial score (nSPS) is 22.1. The summed E-state index contributed by atoms with van der Waals surface area (Å²) in [5.74, 6) is -0.249. The topological polar surface area (TPSA) is 75.7 Å². The molecule has 1 rings (SSSR count). The van der Waals surface area contributed by atoms with Crippen molar-refractivity contribution in [3.8, 4) is 0 Å². The van der Waals surface area contributed by atoms with Crippen LogP contribution in [-0.2, 0) is 19.6 Å². The number of hydrogen-bond donors (Lipinski definition) is 1. The molecule has 1 aliphatic rings. The summed E-state index contributed by atoms with van der Waals surface area (Å²) in [4.78, 5) is 13.1. The van der Waals surface area contributed by atoms with E-state index >= 15 is 0 Å². The minimum absolute atomic E-state index is 0.198. The molecule has 0 aliphatic carbocycles. The monoisotopic (exact) mass is 236 g/mol. The summed E-state index contributed by atoms with van der Waals surface area (Å²) in [6.45, 7) is 1.67. The van der Waals surface area contributed by atoms with Crippen molar-refractivity contribution < 1.29 is 17.9 Å². The number of methoxy groups -OCH3 is 1. The lowest BCUT2D eigenvalue weighted by atomic mass is 10.0. The van der Waals surface area contributed by atoms with E-state index in [2.05, 4.69) is 9.46 Å². The first-order valence-electron chi connectivity index (χ1n) is 4.70. The Balaban J connectivity index is 2.26. The van der Waals surface area contributed by atoms with E-state index in [1.807, 2.05) is 4.90 Å². The zero-order valence-electron chi connectivity index (χ0n) is 8.89. The maximum atomic E-state index is 11.2. The van der Waals surface area contributed by atoms with E-state index in [0.717, 1.165) is 19.2 Å². The Bertz CT molecular complexity index is 328. The van der Waals surface area contributed by atoms with Crippen LogP contribution in [0, 0.1) is 0 Å². The Morgan fingerprint density at radius 3 is 2.67 bits per heavy atom.